The van der Waals surface area contributed by atoms with Gasteiger partial charge in [-0.1, -0.05) is 0 Å². The number of benzene rings is 1. The summed E-state index contributed by atoms with van der Waals surface area (Å²) >= 11 is 0. The van der Waals surface area contributed by atoms with Crippen molar-refractivity contribution in [2.45, 2.75) is 25.8 Å². The highest BCUT2D eigenvalue weighted by Gasteiger charge is 2.30. The lowest BCUT2D eigenvalue weighted by Crippen LogP contribution is -2.35. The molecule has 1 aromatic carbocycles. The lowest BCUT2D eigenvalue weighted by Gasteiger charge is -2.24. The minimum absolute atomic E-state index is 0.0120. The van der Waals surface area contributed by atoms with Gasteiger partial charge in [0.1, 0.15) is 5.82 Å². The van der Waals surface area contributed by atoms with Crippen LogP contribution in [0.3, 0.4) is 0 Å². The molecule has 2 amide bonds. The number of rotatable bonds is 3. The molecule has 1 atom stereocenters. The highest BCUT2D eigenvalue weighted by molar-refractivity contribution is 6.01. The van der Waals surface area contributed by atoms with Crippen LogP contribution in [0.25, 0.3) is 0 Å². The van der Waals surface area contributed by atoms with Crippen molar-refractivity contribution >= 4 is 17.5 Å². The fraction of sp³-hybridized carbons (Fsp3) is 0.250. The molecule has 0 saturated carbocycles. The largest absolute Gasteiger partial charge is 0.350 e. The van der Waals surface area contributed by atoms with E-state index in [1.54, 1.807) is 12.4 Å². The smallest absolute Gasteiger partial charge is 0.228 e. The van der Waals surface area contributed by atoms with Crippen LogP contribution in [0.15, 0.2) is 30.6 Å². The molecule has 23 heavy (non-hydrogen) atoms. The van der Waals surface area contributed by atoms with Crippen LogP contribution in [0.1, 0.15) is 29.3 Å². The predicted molar refractivity (Wildman–Crippen MR) is 81.0 cm³/mol. The van der Waals surface area contributed by atoms with E-state index in [9.17, 15) is 14.0 Å². The van der Waals surface area contributed by atoms with E-state index in [0.717, 1.165) is 5.69 Å². The molecule has 6 nitrogen and oxygen atoms in total. The van der Waals surface area contributed by atoms with Crippen LogP contribution in [0.2, 0.25) is 0 Å². The second-order valence-electron chi connectivity index (χ2n) is 5.40. The van der Waals surface area contributed by atoms with Gasteiger partial charge in [0.25, 0.3) is 0 Å². The molecule has 7 heteroatoms. The van der Waals surface area contributed by atoms with Gasteiger partial charge in [-0.15, -0.1) is 0 Å². The van der Waals surface area contributed by atoms with E-state index in [1.807, 2.05) is 6.92 Å². The molecule has 0 aliphatic carbocycles. The normalized spacial score (nSPS) is 16.4. The van der Waals surface area contributed by atoms with Gasteiger partial charge in [0.15, 0.2) is 0 Å². The Morgan fingerprint density at radius 3 is 2.96 bits per heavy atom. The zero-order valence-corrected chi connectivity index (χ0v) is 12.5. The van der Waals surface area contributed by atoms with Crippen molar-refractivity contribution in [1.29, 1.82) is 0 Å². The van der Waals surface area contributed by atoms with Crippen molar-refractivity contribution in [2.24, 2.45) is 0 Å². The summed E-state index contributed by atoms with van der Waals surface area (Å²) in [5, 5.41) is 5.37. The van der Waals surface area contributed by atoms with Crippen LogP contribution < -0.4 is 10.6 Å². The maximum absolute atomic E-state index is 13.5. The molecule has 2 N–H and O–H groups in total. The Hall–Kier alpha value is -2.83. The summed E-state index contributed by atoms with van der Waals surface area (Å²) in [5.41, 5.74) is 2.35. The molecule has 2 aromatic rings. The first-order valence-electron chi connectivity index (χ1n) is 7.17. The number of fused-ring (bicyclic) bond motifs is 1. The monoisotopic (exact) mass is 314 g/mol. The van der Waals surface area contributed by atoms with Crippen molar-refractivity contribution < 1.29 is 14.0 Å². The summed E-state index contributed by atoms with van der Waals surface area (Å²) in [4.78, 5) is 32.4. The third-order valence-corrected chi connectivity index (χ3v) is 3.65. The van der Waals surface area contributed by atoms with E-state index in [4.69, 9.17) is 0 Å². The van der Waals surface area contributed by atoms with Crippen molar-refractivity contribution in [2.75, 3.05) is 5.32 Å². The van der Waals surface area contributed by atoms with Gasteiger partial charge in [0.2, 0.25) is 11.8 Å². The summed E-state index contributed by atoms with van der Waals surface area (Å²) in [6.07, 6.45) is 3.18. The number of aryl methyl sites for hydroxylation is 1. The van der Waals surface area contributed by atoms with Crippen molar-refractivity contribution in [1.82, 2.24) is 15.3 Å². The molecular weight excluding hydrogens is 299 g/mol. The molecule has 0 fully saturated rings. The van der Waals surface area contributed by atoms with Gasteiger partial charge in [-0.2, -0.15) is 0 Å². The Kier molecular flexibility index (Phi) is 4.01. The molecule has 1 aliphatic heterocycles. The molecule has 118 valence electrons. The van der Waals surface area contributed by atoms with E-state index in [-0.39, 0.29) is 24.8 Å². The first kappa shape index (κ1) is 15.1. The summed E-state index contributed by atoms with van der Waals surface area (Å²) in [6.45, 7) is 2.02. The predicted octanol–water partition coefficient (Wildman–Crippen LogP) is 1.67. The van der Waals surface area contributed by atoms with E-state index < -0.39 is 11.7 Å². The molecular formula is C16H15FN4O2. The first-order chi connectivity index (χ1) is 11.0. The third-order valence-electron chi connectivity index (χ3n) is 3.65. The van der Waals surface area contributed by atoms with Crippen molar-refractivity contribution in [3.05, 3.63) is 53.4 Å². The summed E-state index contributed by atoms with van der Waals surface area (Å²) in [6, 6.07) is 4.00. The highest BCUT2D eigenvalue weighted by atomic mass is 19.1. The van der Waals surface area contributed by atoms with Gasteiger partial charge in [-0.3, -0.25) is 19.6 Å². The lowest BCUT2D eigenvalue weighted by atomic mass is 9.89. The topological polar surface area (TPSA) is 84.0 Å². The number of aromatic nitrogens is 2. The number of hydrogen-bond acceptors (Lipinski definition) is 4. The zero-order valence-electron chi connectivity index (χ0n) is 12.5. The Morgan fingerprint density at radius 2 is 2.22 bits per heavy atom. The Balaban J connectivity index is 1.76. The molecule has 3 rings (SSSR count). The Morgan fingerprint density at radius 1 is 1.39 bits per heavy atom. The van der Waals surface area contributed by atoms with Crippen LogP contribution in [0.4, 0.5) is 10.1 Å². The third kappa shape index (κ3) is 3.33. The number of amides is 2. The summed E-state index contributed by atoms with van der Waals surface area (Å²) in [5.74, 6) is -1.76. The van der Waals surface area contributed by atoms with E-state index >= 15 is 0 Å². The molecule has 0 radical (unpaired) electrons. The van der Waals surface area contributed by atoms with Crippen LogP contribution in [0.5, 0.6) is 0 Å². The van der Waals surface area contributed by atoms with Crippen molar-refractivity contribution in [3.8, 4) is 0 Å². The molecule has 2 heterocycles. The van der Waals surface area contributed by atoms with Gasteiger partial charge >= 0.3 is 0 Å². The van der Waals surface area contributed by atoms with Gasteiger partial charge < -0.3 is 10.6 Å². The van der Waals surface area contributed by atoms with Crippen LogP contribution in [-0.2, 0) is 16.1 Å². The summed E-state index contributed by atoms with van der Waals surface area (Å²) in [7, 11) is 0. The van der Waals surface area contributed by atoms with Gasteiger partial charge in [0, 0.05) is 18.3 Å². The highest BCUT2D eigenvalue weighted by Crippen LogP contribution is 2.32. The van der Waals surface area contributed by atoms with E-state index in [1.165, 1.54) is 18.2 Å². The second kappa shape index (κ2) is 6.12. The number of halogens is 1. The van der Waals surface area contributed by atoms with Crippen LogP contribution >= 0.6 is 0 Å². The second-order valence-corrected chi connectivity index (χ2v) is 5.40. The van der Waals surface area contributed by atoms with Gasteiger partial charge in [-0.05, 0) is 30.7 Å². The molecule has 1 aromatic heterocycles. The molecule has 0 spiro atoms. The van der Waals surface area contributed by atoms with E-state index in [2.05, 4.69) is 20.6 Å². The average molecular weight is 314 g/mol. The minimum Gasteiger partial charge on any atom is -0.350 e. The van der Waals surface area contributed by atoms with Crippen LogP contribution in [0, 0.1) is 12.7 Å². The van der Waals surface area contributed by atoms with Crippen molar-refractivity contribution in [3.63, 3.8) is 0 Å². The molecule has 0 saturated heterocycles. The number of anilines is 1. The zero-order chi connectivity index (χ0) is 16.4. The maximum atomic E-state index is 13.5. The molecule has 0 bridgehead atoms. The first-order valence-corrected chi connectivity index (χ1v) is 7.17. The fourth-order valence-corrected chi connectivity index (χ4v) is 2.48. The fourth-order valence-electron chi connectivity index (χ4n) is 2.48. The molecule has 1 aliphatic rings. The number of carbonyl (C=O) groups excluding carboxylic acids is 2. The number of nitrogens with zero attached hydrogens (tertiary/aromatic N) is 2. The standard InChI is InChI=1S/C16H15FN4O2/c1-9-6-19-11(7-18-9)8-20-16(23)13-5-15(22)21-14-3-2-10(17)4-12(13)14/h2-4,6-7,13H,5,8H2,1H3,(H,20,23)(H,21,22)/t13-/m0/s1. The summed E-state index contributed by atoms with van der Waals surface area (Å²) < 4.78 is 13.5. The number of carbonyl (C=O) groups is 2. The van der Waals surface area contributed by atoms with Crippen LogP contribution in [-0.4, -0.2) is 21.8 Å². The SMILES string of the molecule is Cc1cnc(CNC(=O)[C@H]2CC(=O)Nc3ccc(F)cc32)cn1. The lowest BCUT2D eigenvalue weighted by molar-refractivity contribution is -0.126. The maximum Gasteiger partial charge on any atom is 0.228 e. The quantitative estimate of drug-likeness (QED) is 0.902. The van der Waals surface area contributed by atoms with Gasteiger partial charge in [-0.25, -0.2) is 4.39 Å². The minimum atomic E-state index is -0.715. The van der Waals surface area contributed by atoms with Gasteiger partial charge in [0.05, 0.1) is 30.0 Å². The average Bonchev–Trinajstić information content (AvgIpc) is 2.53. The molecule has 0 unspecified atom stereocenters. The Bertz CT molecular complexity index is 761. The Labute approximate surface area is 132 Å². The van der Waals surface area contributed by atoms with E-state index in [0.29, 0.717) is 16.9 Å². The number of hydrogen-bond donors (Lipinski definition) is 2. The number of nitrogens with one attached hydrogen (secondary N) is 2.